The fourth-order valence-electron chi connectivity index (χ4n) is 2.73. The van der Waals surface area contributed by atoms with Crippen molar-refractivity contribution in [2.24, 2.45) is 5.41 Å². The van der Waals surface area contributed by atoms with Crippen molar-refractivity contribution in [1.82, 2.24) is 15.0 Å². The first kappa shape index (κ1) is 22.7. The number of ether oxygens (including phenoxy) is 1. The summed E-state index contributed by atoms with van der Waals surface area (Å²) in [5, 5.41) is 3.87. The molecule has 0 N–H and O–H groups in total. The average Bonchev–Trinajstić information content (AvgIpc) is 3.06. The van der Waals surface area contributed by atoms with E-state index < -0.39 is 24.0 Å². The van der Waals surface area contributed by atoms with Crippen molar-refractivity contribution in [3.05, 3.63) is 30.2 Å². The maximum Gasteiger partial charge on any atom is 0.406 e. The van der Waals surface area contributed by atoms with Crippen LogP contribution < -0.4 is 4.74 Å². The van der Waals surface area contributed by atoms with Crippen molar-refractivity contribution in [3.8, 4) is 17.1 Å². The Morgan fingerprint density at radius 3 is 2.34 bits per heavy atom. The van der Waals surface area contributed by atoms with Crippen LogP contribution in [0, 0.1) is 5.41 Å². The van der Waals surface area contributed by atoms with Crippen molar-refractivity contribution < 1.29 is 27.2 Å². The number of carbonyl (C=O) groups excluding carboxylic acids is 1. The Morgan fingerprint density at radius 2 is 1.79 bits per heavy atom. The maximum absolute atomic E-state index is 12.8. The molecule has 0 aliphatic rings. The molecular formula is C20H26F3N3O3. The number of rotatable bonds is 8. The zero-order chi connectivity index (χ0) is 21.7. The van der Waals surface area contributed by atoms with Gasteiger partial charge in [-0.05, 0) is 36.6 Å². The van der Waals surface area contributed by atoms with Gasteiger partial charge in [0.2, 0.25) is 17.6 Å². The first-order chi connectivity index (χ1) is 13.5. The van der Waals surface area contributed by atoms with Crippen molar-refractivity contribution in [3.63, 3.8) is 0 Å². The van der Waals surface area contributed by atoms with E-state index in [0.29, 0.717) is 23.7 Å². The van der Waals surface area contributed by atoms with Crippen molar-refractivity contribution >= 4 is 5.91 Å². The maximum atomic E-state index is 12.8. The van der Waals surface area contributed by atoms with Crippen molar-refractivity contribution in [2.45, 2.75) is 46.7 Å². The zero-order valence-electron chi connectivity index (χ0n) is 17.0. The highest BCUT2D eigenvalue weighted by molar-refractivity contribution is 5.76. The van der Waals surface area contributed by atoms with Gasteiger partial charge in [-0.2, -0.15) is 18.2 Å². The molecule has 1 aromatic carbocycles. The van der Waals surface area contributed by atoms with Gasteiger partial charge in [-0.15, -0.1) is 0 Å². The fraction of sp³-hybridized carbons (Fsp3) is 0.550. The monoisotopic (exact) mass is 413 g/mol. The molecule has 2 rings (SSSR count). The molecule has 0 atom stereocenters. The van der Waals surface area contributed by atoms with E-state index in [9.17, 15) is 18.0 Å². The number of hydrogen-bond donors (Lipinski definition) is 0. The highest BCUT2D eigenvalue weighted by Gasteiger charge is 2.34. The van der Waals surface area contributed by atoms with E-state index in [1.54, 1.807) is 45.0 Å². The van der Waals surface area contributed by atoms with Gasteiger partial charge in [-0.25, -0.2) is 0 Å². The highest BCUT2D eigenvalue weighted by atomic mass is 19.4. The molecule has 0 bridgehead atoms. The number of alkyl halides is 3. The van der Waals surface area contributed by atoms with E-state index in [-0.39, 0.29) is 25.3 Å². The average molecular weight is 413 g/mol. The lowest BCUT2D eigenvalue weighted by Crippen LogP contribution is -2.43. The molecule has 0 fully saturated rings. The zero-order valence-corrected chi connectivity index (χ0v) is 17.0. The van der Waals surface area contributed by atoms with Crippen LogP contribution in [0.25, 0.3) is 11.4 Å². The molecule has 0 spiro atoms. The Hall–Kier alpha value is -2.58. The standard InChI is InChI=1S/C20H26F3N3O3/c1-5-28-15-8-6-14(7-9-15)18-24-16(29-25-18)10-11-17(27)26(12-19(2,3)4)13-20(21,22)23/h6-9H,5,10-13H2,1-4H3. The van der Waals surface area contributed by atoms with Crippen LogP contribution in [0.15, 0.2) is 28.8 Å². The summed E-state index contributed by atoms with van der Waals surface area (Å²) in [5.74, 6) is 0.662. The molecule has 0 unspecified atom stereocenters. The van der Waals surface area contributed by atoms with Crippen LogP contribution in [0.5, 0.6) is 5.75 Å². The number of halogens is 3. The second-order valence-electron chi connectivity index (χ2n) is 7.89. The van der Waals surface area contributed by atoms with Gasteiger partial charge < -0.3 is 14.2 Å². The molecule has 1 amide bonds. The molecule has 1 heterocycles. The first-order valence-electron chi connectivity index (χ1n) is 9.37. The van der Waals surface area contributed by atoms with E-state index in [0.717, 1.165) is 4.90 Å². The van der Waals surface area contributed by atoms with Gasteiger partial charge in [0.25, 0.3) is 0 Å². The lowest BCUT2D eigenvalue weighted by molar-refractivity contribution is -0.163. The molecule has 0 radical (unpaired) electrons. The number of hydrogen-bond acceptors (Lipinski definition) is 5. The minimum Gasteiger partial charge on any atom is -0.494 e. The Kier molecular flexibility index (Phi) is 7.26. The molecule has 6 nitrogen and oxygen atoms in total. The predicted molar refractivity (Wildman–Crippen MR) is 101 cm³/mol. The van der Waals surface area contributed by atoms with Gasteiger partial charge in [-0.1, -0.05) is 25.9 Å². The van der Waals surface area contributed by atoms with Gasteiger partial charge >= 0.3 is 6.18 Å². The highest BCUT2D eigenvalue weighted by Crippen LogP contribution is 2.23. The number of benzene rings is 1. The summed E-state index contributed by atoms with van der Waals surface area (Å²) in [5.41, 5.74) is 0.257. The predicted octanol–water partition coefficient (Wildman–Crippen LogP) is 4.50. The smallest absolute Gasteiger partial charge is 0.406 e. The van der Waals surface area contributed by atoms with Crippen LogP contribution >= 0.6 is 0 Å². The van der Waals surface area contributed by atoms with Crippen molar-refractivity contribution in [1.29, 1.82) is 0 Å². The minimum absolute atomic E-state index is 0.00655. The van der Waals surface area contributed by atoms with Gasteiger partial charge in [0.15, 0.2) is 0 Å². The Labute approximate surface area is 168 Å². The quantitative estimate of drug-likeness (QED) is 0.637. The third-order valence-electron chi connectivity index (χ3n) is 3.83. The van der Waals surface area contributed by atoms with E-state index in [1.807, 2.05) is 6.92 Å². The first-order valence-corrected chi connectivity index (χ1v) is 9.37. The Balaban J connectivity index is 2.00. The molecule has 0 aliphatic heterocycles. The van der Waals surface area contributed by atoms with Gasteiger partial charge in [0.1, 0.15) is 12.3 Å². The van der Waals surface area contributed by atoms with E-state index in [1.165, 1.54) is 0 Å². The third-order valence-corrected chi connectivity index (χ3v) is 3.83. The Morgan fingerprint density at radius 1 is 1.14 bits per heavy atom. The number of aryl methyl sites for hydroxylation is 1. The molecule has 160 valence electrons. The van der Waals surface area contributed by atoms with Crippen LogP contribution in [0.2, 0.25) is 0 Å². The molecule has 2 aromatic rings. The van der Waals surface area contributed by atoms with Gasteiger partial charge in [0, 0.05) is 24.9 Å². The number of amides is 1. The SMILES string of the molecule is CCOc1ccc(-c2noc(CCC(=O)N(CC(C)(C)C)CC(F)(F)F)n2)cc1. The van der Waals surface area contributed by atoms with Crippen LogP contribution in [0.1, 0.15) is 40.0 Å². The largest absolute Gasteiger partial charge is 0.494 e. The van der Waals surface area contributed by atoms with E-state index >= 15 is 0 Å². The molecular weight excluding hydrogens is 387 g/mol. The number of nitrogens with zero attached hydrogens (tertiary/aromatic N) is 3. The minimum atomic E-state index is -4.45. The summed E-state index contributed by atoms with van der Waals surface area (Å²) in [6, 6.07) is 7.11. The van der Waals surface area contributed by atoms with Crippen LogP contribution in [0.4, 0.5) is 13.2 Å². The second kappa shape index (κ2) is 9.28. The molecule has 0 saturated heterocycles. The number of aromatic nitrogens is 2. The van der Waals surface area contributed by atoms with Crippen molar-refractivity contribution in [2.75, 3.05) is 19.7 Å². The van der Waals surface area contributed by atoms with Crippen LogP contribution in [0.3, 0.4) is 0 Å². The summed E-state index contributed by atoms with van der Waals surface area (Å²) < 4.78 is 49.0. The van der Waals surface area contributed by atoms with E-state index in [4.69, 9.17) is 9.26 Å². The lowest BCUT2D eigenvalue weighted by atomic mass is 9.96. The normalized spacial score (nSPS) is 12.1. The van der Waals surface area contributed by atoms with Gasteiger partial charge in [-0.3, -0.25) is 4.79 Å². The van der Waals surface area contributed by atoms with E-state index in [2.05, 4.69) is 10.1 Å². The Bertz CT molecular complexity index is 780. The molecule has 29 heavy (non-hydrogen) atoms. The van der Waals surface area contributed by atoms with Crippen LogP contribution in [-0.4, -0.2) is 46.8 Å². The topological polar surface area (TPSA) is 68.5 Å². The second-order valence-corrected chi connectivity index (χ2v) is 7.89. The molecule has 9 heteroatoms. The number of carbonyl (C=O) groups is 1. The summed E-state index contributed by atoms with van der Waals surface area (Å²) in [7, 11) is 0. The summed E-state index contributed by atoms with van der Waals surface area (Å²) in [6.07, 6.45) is -4.52. The summed E-state index contributed by atoms with van der Waals surface area (Å²) in [4.78, 5) is 17.4. The molecule has 0 aliphatic carbocycles. The fourth-order valence-corrected chi connectivity index (χ4v) is 2.73. The molecule has 1 aromatic heterocycles. The lowest BCUT2D eigenvalue weighted by Gasteiger charge is -2.30. The van der Waals surface area contributed by atoms with Crippen LogP contribution in [-0.2, 0) is 11.2 Å². The van der Waals surface area contributed by atoms with Gasteiger partial charge in [0.05, 0.1) is 6.61 Å². The summed E-state index contributed by atoms with van der Waals surface area (Å²) >= 11 is 0. The molecule has 0 saturated carbocycles. The summed E-state index contributed by atoms with van der Waals surface area (Å²) in [6.45, 7) is 6.52. The third kappa shape index (κ3) is 7.75.